The summed E-state index contributed by atoms with van der Waals surface area (Å²) in [5.41, 5.74) is 1.17. The summed E-state index contributed by atoms with van der Waals surface area (Å²) < 4.78 is 34.4. The molecule has 2 saturated heterocycles. The minimum absolute atomic E-state index is 0.00345. The minimum atomic E-state index is -4.10. The first kappa shape index (κ1) is 38.0. The molecular weight excluding hydrogens is 701 g/mol. The summed E-state index contributed by atoms with van der Waals surface area (Å²) in [7, 11) is -4.10. The van der Waals surface area contributed by atoms with Gasteiger partial charge in [0.15, 0.2) is 0 Å². The van der Waals surface area contributed by atoms with E-state index in [9.17, 15) is 27.6 Å². The van der Waals surface area contributed by atoms with Crippen LogP contribution in [0.1, 0.15) is 71.9 Å². The second kappa shape index (κ2) is 13.9. The summed E-state index contributed by atoms with van der Waals surface area (Å²) in [6.45, 7) is 14.8. The minimum Gasteiger partial charge on any atom is -0.444 e. The Kier molecular flexibility index (Phi) is 9.96. The van der Waals surface area contributed by atoms with Crippen LogP contribution in [-0.4, -0.2) is 96.1 Å². The molecule has 3 N–H and O–H groups in total. The van der Waals surface area contributed by atoms with Gasteiger partial charge in [-0.05, 0) is 50.2 Å². The van der Waals surface area contributed by atoms with Crippen LogP contribution in [0.5, 0.6) is 0 Å². The third kappa shape index (κ3) is 7.67. The zero-order chi connectivity index (χ0) is 38.5. The third-order valence-corrected chi connectivity index (χ3v) is 11.5. The predicted molar refractivity (Wildman–Crippen MR) is 198 cm³/mol. The predicted octanol–water partition coefficient (Wildman–Crippen LogP) is 3.47. The van der Waals surface area contributed by atoms with Gasteiger partial charge in [-0.25, -0.2) is 9.52 Å². The first-order valence-corrected chi connectivity index (χ1v) is 19.3. The zero-order valence-corrected chi connectivity index (χ0v) is 31.8. The van der Waals surface area contributed by atoms with Crippen LogP contribution >= 0.6 is 0 Å². The van der Waals surface area contributed by atoms with Gasteiger partial charge in [-0.2, -0.15) is 12.7 Å². The lowest BCUT2D eigenvalue weighted by atomic mass is 9.85. The molecule has 53 heavy (non-hydrogen) atoms. The molecule has 4 amide bonds. The second-order valence-electron chi connectivity index (χ2n) is 16.1. The van der Waals surface area contributed by atoms with Gasteiger partial charge in [0.2, 0.25) is 11.8 Å². The molecule has 0 unspecified atom stereocenters. The third-order valence-electron chi connectivity index (χ3n) is 10.00. The molecule has 2 aliphatic carbocycles. The van der Waals surface area contributed by atoms with Crippen molar-refractivity contribution in [3.05, 3.63) is 72.3 Å². The molecule has 3 fully saturated rings. The van der Waals surface area contributed by atoms with E-state index in [0.29, 0.717) is 25.2 Å². The number of likely N-dealkylation sites (tertiary alicyclic amines) is 1. The molecule has 5 atom stereocenters. The van der Waals surface area contributed by atoms with Crippen LogP contribution in [0.25, 0.3) is 11.1 Å². The number of ether oxygens (including phenoxy) is 1. The molecule has 0 bridgehead atoms. The van der Waals surface area contributed by atoms with E-state index >= 15 is 0 Å². The molecule has 4 aliphatic rings. The number of alkyl carbamates (subject to hydrolysis) is 1. The van der Waals surface area contributed by atoms with Gasteiger partial charge in [-0.15, -0.1) is 6.58 Å². The summed E-state index contributed by atoms with van der Waals surface area (Å²) in [6, 6.07) is 13.4. The number of nitrogens with one attached hydrogen (secondary N) is 3. The van der Waals surface area contributed by atoms with Gasteiger partial charge in [-0.3, -0.25) is 14.4 Å². The molecule has 6 rings (SSSR count). The number of oxime groups is 1. The molecule has 15 heteroatoms. The van der Waals surface area contributed by atoms with Crippen LogP contribution in [0.4, 0.5) is 4.79 Å². The van der Waals surface area contributed by atoms with Crippen LogP contribution < -0.4 is 15.4 Å². The van der Waals surface area contributed by atoms with Gasteiger partial charge >= 0.3 is 16.3 Å². The maximum atomic E-state index is 14.5. The van der Waals surface area contributed by atoms with Gasteiger partial charge in [-0.1, -0.05) is 80.5 Å². The van der Waals surface area contributed by atoms with E-state index in [4.69, 9.17) is 9.57 Å². The van der Waals surface area contributed by atoms with Crippen molar-refractivity contribution in [2.45, 2.75) is 90.1 Å². The summed E-state index contributed by atoms with van der Waals surface area (Å²) in [4.78, 5) is 62.7. The monoisotopic (exact) mass is 748 g/mol. The van der Waals surface area contributed by atoms with Crippen molar-refractivity contribution in [3.8, 4) is 11.1 Å². The van der Waals surface area contributed by atoms with Gasteiger partial charge < -0.3 is 25.1 Å². The van der Waals surface area contributed by atoms with Crippen molar-refractivity contribution in [3.63, 3.8) is 0 Å². The van der Waals surface area contributed by atoms with Crippen LogP contribution in [0, 0.1) is 11.3 Å². The number of carbonyl (C=O) groups excluding carboxylic acids is 4. The molecule has 2 aromatic carbocycles. The average Bonchev–Trinajstić information content (AvgIpc) is 3.43. The molecule has 0 radical (unpaired) electrons. The second-order valence-corrected chi connectivity index (χ2v) is 17.8. The fourth-order valence-corrected chi connectivity index (χ4v) is 8.25. The van der Waals surface area contributed by atoms with Crippen LogP contribution in [-0.2, 0) is 34.2 Å². The van der Waals surface area contributed by atoms with E-state index in [1.165, 1.54) is 11.0 Å². The lowest BCUT2D eigenvalue weighted by Gasteiger charge is -2.36. The normalized spacial score (nSPS) is 24.2. The van der Waals surface area contributed by atoms with Crippen LogP contribution in [0.3, 0.4) is 0 Å². The Balaban J connectivity index is 1.29. The number of hydrogen-bond acceptors (Lipinski definition) is 9. The highest BCUT2D eigenvalue weighted by molar-refractivity contribution is 7.87. The Morgan fingerprint density at radius 1 is 0.962 bits per heavy atom. The molecule has 0 spiro atoms. The quantitative estimate of drug-likeness (QED) is 0.209. The Morgan fingerprint density at radius 2 is 1.55 bits per heavy atom. The molecule has 2 aliphatic heterocycles. The molecule has 2 aromatic rings. The van der Waals surface area contributed by atoms with E-state index in [0.717, 1.165) is 26.6 Å². The summed E-state index contributed by atoms with van der Waals surface area (Å²) in [5.74, 6) is -2.66. The smallest absolute Gasteiger partial charge is 0.408 e. The van der Waals surface area contributed by atoms with Gasteiger partial charge in [0.1, 0.15) is 35.0 Å². The zero-order valence-electron chi connectivity index (χ0n) is 31.0. The van der Waals surface area contributed by atoms with Crippen molar-refractivity contribution in [1.82, 2.24) is 24.6 Å². The Labute approximate surface area is 310 Å². The van der Waals surface area contributed by atoms with Crippen molar-refractivity contribution in [1.29, 1.82) is 0 Å². The van der Waals surface area contributed by atoms with Crippen molar-refractivity contribution in [2.24, 2.45) is 16.5 Å². The first-order valence-electron chi connectivity index (χ1n) is 17.8. The van der Waals surface area contributed by atoms with Gasteiger partial charge in [0.25, 0.3) is 5.91 Å². The average molecular weight is 749 g/mol. The lowest BCUT2D eigenvalue weighted by molar-refractivity contribution is -0.143. The number of nitrogens with zero attached hydrogens (tertiary/aromatic N) is 3. The maximum Gasteiger partial charge on any atom is 0.408 e. The van der Waals surface area contributed by atoms with Crippen LogP contribution in [0.15, 0.2) is 66.3 Å². The van der Waals surface area contributed by atoms with E-state index in [2.05, 4.69) is 27.1 Å². The van der Waals surface area contributed by atoms with Crippen molar-refractivity contribution >= 4 is 39.7 Å². The standard InChI is InChI=1S/C38H48N6O8S/c1-8-23-21-38(23,34(47)42-53(49,50)43-18-13-19-43)40-32(45)29-20-24(22-44(29)33(46)31(36(2,3)4)39-35(48)51-37(5,6)7)52-41-30-27-16-11-9-14-25(27)26-15-10-12-17-28(26)30/h8-12,14-17,23-24,29,31H,1,13,18-22H2,2-7H3,(H,39,48)(H,40,45)(H,42,47)/t23-,24-,29+,31-,38+/m1/s1. The molecular formula is C38H48N6O8S. The Morgan fingerprint density at radius 3 is 2.04 bits per heavy atom. The summed E-state index contributed by atoms with van der Waals surface area (Å²) in [6.07, 6.45) is 0.757. The maximum absolute atomic E-state index is 14.5. The number of amides is 4. The highest BCUT2D eigenvalue weighted by Crippen LogP contribution is 2.45. The molecule has 2 heterocycles. The number of carbonyl (C=O) groups is 4. The molecule has 1 saturated carbocycles. The van der Waals surface area contributed by atoms with E-state index < -0.39 is 74.7 Å². The molecule has 284 valence electrons. The van der Waals surface area contributed by atoms with Gasteiger partial charge in [0, 0.05) is 36.6 Å². The number of fused-ring (bicyclic) bond motifs is 3. The SMILES string of the molecule is C=C[C@@H]1C[C@@]1(NC(=O)[C@@H]1C[C@@H](ON=C2c3ccccc3-c3ccccc32)CN1C(=O)[C@@H](NC(=O)OC(C)(C)C)C(C)(C)C)C(=O)NS(=O)(=O)N1CCC1. The largest absolute Gasteiger partial charge is 0.444 e. The lowest BCUT2D eigenvalue weighted by Crippen LogP contribution is -2.61. The number of benzene rings is 2. The van der Waals surface area contributed by atoms with E-state index in [1.807, 2.05) is 48.5 Å². The van der Waals surface area contributed by atoms with Crippen molar-refractivity contribution < 1.29 is 37.2 Å². The topological polar surface area (TPSA) is 176 Å². The van der Waals surface area contributed by atoms with E-state index in [-0.39, 0.29) is 19.4 Å². The van der Waals surface area contributed by atoms with Gasteiger partial charge in [0.05, 0.1) is 6.54 Å². The fourth-order valence-electron chi connectivity index (χ4n) is 6.96. The highest BCUT2D eigenvalue weighted by atomic mass is 32.2. The molecule has 14 nitrogen and oxygen atoms in total. The highest BCUT2D eigenvalue weighted by Gasteiger charge is 2.62. The van der Waals surface area contributed by atoms with Crippen LogP contribution in [0.2, 0.25) is 0 Å². The van der Waals surface area contributed by atoms with E-state index in [1.54, 1.807) is 41.5 Å². The number of hydrogen-bond donors (Lipinski definition) is 3. The Hall–Kier alpha value is -4.76. The number of rotatable bonds is 10. The summed E-state index contributed by atoms with van der Waals surface area (Å²) in [5, 5.41) is 10.1. The Bertz CT molecular complexity index is 1920. The van der Waals surface area contributed by atoms with Crippen molar-refractivity contribution in [2.75, 3.05) is 19.6 Å². The first-order chi connectivity index (χ1) is 24.8. The summed E-state index contributed by atoms with van der Waals surface area (Å²) >= 11 is 0. The fraction of sp³-hybridized carbons (Fsp3) is 0.500. The molecule has 0 aromatic heterocycles.